The predicted molar refractivity (Wildman–Crippen MR) is 61.7 cm³/mol. The highest BCUT2D eigenvalue weighted by Gasteiger charge is 2.07. The molecule has 1 aromatic carbocycles. The van der Waals surface area contributed by atoms with Crippen LogP contribution in [0.3, 0.4) is 0 Å². The fraction of sp³-hybridized carbons (Fsp3) is 0. The van der Waals surface area contributed by atoms with Crippen LogP contribution in [0.4, 0.5) is 6.01 Å². The van der Waals surface area contributed by atoms with Crippen LogP contribution in [0.5, 0.6) is 0 Å². The topological polar surface area (TPSA) is 64.9 Å². The van der Waals surface area contributed by atoms with Crippen LogP contribution in [0.2, 0.25) is 0 Å². The van der Waals surface area contributed by atoms with Crippen LogP contribution in [-0.4, -0.2) is 9.97 Å². The minimum Gasteiger partial charge on any atom is -0.424 e. The van der Waals surface area contributed by atoms with Crippen LogP contribution in [0.25, 0.3) is 22.1 Å². The number of rotatable bonds is 1. The van der Waals surface area contributed by atoms with E-state index in [0.717, 1.165) is 16.3 Å². The average molecular weight is 211 g/mol. The van der Waals surface area contributed by atoms with E-state index in [2.05, 4.69) is 9.97 Å². The Kier molecular flexibility index (Phi) is 1.86. The van der Waals surface area contributed by atoms with Gasteiger partial charge in [-0.2, -0.15) is 0 Å². The van der Waals surface area contributed by atoms with Crippen molar-refractivity contribution in [3.8, 4) is 11.3 Å². The summed E-state index contributed by atoms with van der Waals surface area (Å²) in [5.74, 6) is 0.675. The molecule has 0 spiro atoms. The van der Waals surface area contributed by atoms with Gasteiger partial charge >= 0.3 is 0 Å². The van der Waals surface area contributed by atoms with Crippen molar-refractivity contribution < 1.29 is 4.42 Å². The number of hydrogen-bond donors (Lipinski definition) is 1. The predicted octanol–water partition coefficient (Wildman–Crippen LogP) is 2.47. The number of aromatic nitrogens is 2. The van der Waals surface area contributed by atoms with Gasteiger partial charge in [0, 0.05) is 23.3 Å². The molecule has 0 saturated carbocycles. The third-order valence-electron chi connectivity index (χ3n) is 2.47. The van der Waals surface area contributed by atoms with Gasteiger partial charge in [-0.3, -0.25) is 4.98 Å². The highest BCUT2D eigenvalue weighted by Crippen LogP contribution is 2.28. The summed E-state index contributed by atoms with van der Waals surface area (Å²) in [6.45, 7) is 0. The van der Waals surface area contributed by atoms with Crippen molar-refractivity contribution in [3.63, 3.8) is 0 Å². The van der Waals surface area contributed by atoms with Gasteiger partial charge < -0.3 is 10.2 Å². The highest BCUT2D eigenvalue weighted by molar-refractivity contribution is 5.94. The lowest BCUT2D eigenvalue weighted by Crippen LogP contribution is -1.81. The Bertz CT molecular complexity index is 640. The summed E-state index contributed by atoms with van der Waals surface area (Å²) >= 11 is 0. The first-order chi connectivity index (χ1) is 7.84. The van der Waals surface area contributed by atoms with E-state index in [1.54, 1.807) is 12.4 Å². The lowest BCUT2D eigenvalue weighted by atomic mass is 10.1. The molecular weight excluding hydrogens is 202 g/mol. The van der Waals surface area contributed by atoms with Crippen molar-refractivity contribution in [1.29, 1.82) is 0 Å². The van der Waals surface area contributed by atoms with Crippen molar-refractivity contribution in [3.05, 3.63) is 42.9 Å². The molecule has 2 heterocycles. The molecule has 0 bridgehead atoms. The number of benzene rings is 1. The molecule has 0 unspecified atom stereocenters. The second-order valence-electron chi connectivity index (χ2n) is 3.47. The van der Waals surface area contributed by atoms with E-state index in [1.807, 2.05) is 30.5 Å². The van der Waals surface area contributed by atoms with Crippen LogP contribution >= 0.6 is 0 Å². The van der Waals surface area contributed by atoms with E-state index in [-0.39, 0.29) is 6.01 Å². The van der Waals surface area contributed by atoms with E-state index in [4.69, 9.17) is 10.2 Å². The maximum atomic E-state index is 5.47. The third kappa shape index (κ3) is 1.32. The summed E-state index contributed by atoms with van der Waals surface area (Å²) < 4.78 is 5.32. The minimum atomic E-state index is 0.182. The quantitative estimate of drug-likeness (QED) is 0.671. The van der Waals surface area contributed by atoms with E-state index in [9.17, 15) is 0 Å². The molecule has 3 aromatic rings. The van der Waals surface area contributed by atoms with E-state index < -0.39 is 0 Å². The number of anilines is 1. The Morgan fingerprint density at radius 3 is 2.88 bits per heavy atom. The number of nitrogens with zero attached hydrogens (tertiary/aromatic N) is 2. The van der Waals surface area contributed by atoms with Crippen LogP contribution in [0.15, 0.2) is 47.3 Å². The van der Waals surface area contributed by atoms with Crippen LogP contribution in [0, 0.1) is 0 Å². The van der Waals surface area contributed by atoms with Crippen LogP contribution in [-0.2, 0) is 0 Å². The van der Waals surface area contributed by atoms with Gasteiger partial charge in [0.2, 0.25) is 0 Å². The van der Waals surface area contributed by atoms with Gasteiger partial charge in [-0.15, -0.1) is 0 Å². The molecule has 0 aliphatic rings. The first-order valence-corrected chi connectivity index (χ1v) is 4.89. The molecule has 0 amide bonds. The molecule has 4 nitrogen and oxygen atoms in total. The zero-order valence-corrected chi connectivity index (χ0v) is 8.42. The van der Waals surface area contributed by atoms with Gasteiger partial charge in [0.1, 0.15) is 0 Å². The standard InChI is InChI=1S/C12H9N3O/c13-12-15-7-11(16-12)10-3-1-2-8-6-14-5-4-9(8)10/h1-7H,(H2,13,15). The van der Waals surface area contributed by atoms with Crippen molar-refractivity contribution in [1.82, 2.24) is 9.97 Å². The first kappa shape index (κ1) is 8.91. The molecule has 2 N–H and O–H groups in total. The summed E-state index contributed by atoms with van der Waals surface area (Å²) in [7, 11) is 0. The van der Waals surface area contributed by atoms with Crippen LogP contribution < -0.4 is 5.73 Å². The molecule has 3 rings (SSSR count). The highest BCUT2D eigenvalue weighted by atomic mass is 16.4. The summed E-state index contributed by atoms with van der Waals surface area (Å²) in [4.78, 5) is 7.98. The van der Waals surface area contributed by atoms with Crippen LogP contribution in [0.1, 0.15) is 0 Å². The van der Waals surface area contributed by atoms with Crippen molar-refractivity contribution in [2.24, 2.45) is 0 Å². The Morgan fingerprint density at radius 1 is 1.12 bits per heavy atom. The van der Waals surface area contributed by atoms with E-state index in [1.165, 1.54) is 0 Å². The number of fused-ring (bicyclic) bond motifs is 1. The molecule has 16 heavy (non-hydrogen) atoms. The van der Waals surface area contributed by atoms with Crippen molar-refractivity contribution in [2.45, 2.75) is 0 Å². The number of pyridine rings is 1. The number of hydrogen-bond acceptors (Lipinski definition) is 4. The monoisotopic (exact) mass is 211 g/mol. The van der Waals surface area contributed by atoms with Gasteiger partial charge in [0.25, 0.3) is 6.01 Å². The van der Waals surface area contributed by atoms with Crippen molar-refractivity contribution >= 4 is 16.8 Å². The Morgan fingerprint density at radius 2 is 2.06 bits per heavy atom. The van der Waals surface area contributed by atoms with E-state index >= 15 is 0 Å². The summed E-state index contributed by atoms with van der Waals surface area (Å²) in [6.07, 6.45) is 5.20. The average Bonchev–Trinajstić information content (AvgIpc) is 2.75. The normalized spacial score (nSPS) is 10.8. The minimum absolute atomic E-state index is 0.182. The number of nitrogens with two attached hydrogens (primary N) is 1. The Balaban J connectivity index is 2.31. The first-order valence-electron chi connectivity index (χ1n) is 4.89. The fourth-order valence-corrected chi connectivity index (χ4v) is 1.75. The molecule has 0 atom stereocenters. The maximum absolute atomic E-state index is 5.47. The molecule has 0 fully saturated rings. The second kappa shape index (κ2) is 3.34. The van der Waals surface area contributed by atoms with Gasteiger partial charge in [0.15, 0.2) is 5.76 Å². The summed E-state index contributed by atoms with van der Waals surface area (Å²) in [5, 5.41) is 2.14. The summed E-state index contributed by atoms with van der Waals surface area (Å²) in [5.41, 5.74) is 6.45. The molecule has 0 saturated heterocycles. The lowest BCUT2D eigenvalue weighted by molar-refractivity contribution is 0.595. The van der Waals surface area contributed by atoms with E-state index in [0.29, 0.717) is 5.76 Å². The Hall–Kier alpha value is -2.36. The SMILES string of the molecule is Nc1ncc(-c2cccc3cnccc23)o1. The smallest absolute Gasteiger partial charge is 0.292 e. The molecular formula is C12H9N3O. The summed E-state index contributed by atoms with van der Waals surface area (Å²) in [6, 6.07) is 8.07. The van der Waals surface area contributed by atoms with Gasteiger partial charge in [0.05, 0.1) is 6.20 Å². The molecule has 0 aliphatic carbocycles. The largest absolute Gasteiger partial charge is 0.424 e. The van der Waals surface area contributed by atoms with Gasteiger partial charge in [-0.25, -0.2) is 4.98 Å². The third-order valence-corrected chi connectivity index (χ3v) is 2.47. The molecule has 4 heteroatoms. The zero-order valence-electron chi connectivity index (χ0n) is 8.42. The molecule has 0 radical (unpaired) electrons. The number of nitrogen functional groups attached to an aromatic ring is 1. The maximum Gasteiger partial charge on any atom is 0.292 e. The lowest BCUT2D eigenvalue weighted by Gasteiger charge is -2.01. The molecule has 78 valence electrons. The molecule has 0 aliphatic heterocycles. The second-order valence-corrected chi connectivity index (χ2v) is 3.47. The van der Waals surface area contributed by atoms with Gasteiger partial charge in [-0.1, -0.05) is 18.2 Å². The Labute approximate surface area is 91.7 Å². The van der Waals surface area contributed by atoms with Crippen molar-refractivity contribution in [2.75, 3.05) is 5.73 Å². The fourth-order valence-electron chi connectivity index (χ4n) is 1.75. The number of oxazole rings is 1. The van der Waals surface area contributed by atoms with Gasteiger partial charge in [-0.05, 0) is 11.5 Å². The zero-order chi connectivity index (χ0) is 11.0. The molecule has 2 aromatic heterocycles.